The van der Waals surface area contributed by atoms with Crippen LogP contribution in [0.25, 0.3) is 0 Å². The van der Waals surface area contributed by atoms with Crippen molar-refractivity contribution in [2.45, 2.75) is 32.6 Å². The average Bonchev–Trinajstić information content (AvgIpc) is 2.44. The number of hydrogen-bond acceptors (Lipinski definition) is 4. The second-order valence-corrected chi connectivity index (χ2v) is 5.62. The molecular formula is C16H25FN2O2. The van der Waals surface area contributed by atoms with Gasteiger partial charge in [0.15, 0.2) is 0 Å². The molecule has 0 aromatic heterocycles. The number of hydrogen-bond donors (Lipinski definition) is 1. The number of methoxy groups -OCH3 is 1. The van der Waals surface area contributed by atoms with Gasteiger partial charge in [0, 0.05) is 33.3 Å². The van der Waals surface area contributed by atoms with Gasteiger partial charge in [-0.05, 0) is 31.5 Å². The first-order valence-electron chi connectivity index (χ1n) is 7.48. The summed E-state index contributed by atoms with van der Waals surface area (Å²) in [7, 11) is 1.68. The van der Waals surface area contributed by atoms with E-state index in [0.29, 0.717) is 18.8 Å². The Hall–Kier alpha value is -1.17. The Morgan fingerprint density at radius 2 is 2.05 bits per heavy atom. The molecule has 1 fully saturated rings. The Balaban J connectivity index is 2.04. The fourth-order valence-corrected chi connectivity index (χ4v) is 2.69. The quantitative estimate of drug-likeness (QED) is 0.816. The zero-order valence-corrected chi connectivity index (χ0v) is 13.1. The third kappa shape index (κ3) is 4.66. The van der Waals surface area contributed by atoms with E-state index in [1.54, 1.807) is 13.2 Å². The van der Waals surface area contributed by atoms with Crippen molar-refractivity contribution in [2.75, 3.05) is 38.3 Å². The minimum Gasteiger partial charge on any atom is -0.383 e. The van der Waals surface area contributed by atoms with Crippen LogP contribution in [0.5, 0.6) is 0 Å². The fraction of sp³-hybridized carbons (Fsp3) is 0.625. The van der Waals surface area contributed by atoms with E-state index < -0.39 is 0 Å². The van der Waals surface area contributed by atoms with Crippen molar-refractivity contribution in [3.05, 3.63) is 29.6 Å². The van der Waals surface area contributed by atoms with Crippen LogP contribution in [0.4, 0.5) is 10.1 Å². The molecule has 1 aromatic rings. The molecule has 2 unspecified atom stereocenters. The Bertz CT molecular complexity index is 446. The molecule has 0 spiro atoms. The molecule has 1 aliphatic heterocycles. The largest absolute Gasteiger partial charge is 0.383 e. The number of nitrogens with one attached hydrogen (secondary N) is 1. The molecule has 5 heteroatoms. The van der Waals surface area contributed by atoms with Gasteiger partial charge < -0.3 is 19.7 Å². The van der Waals surface area contributed by atoms with Gasteiger partial charge in [-0.2, -0.15) is 0 Å². The smallest absolute Gasteiger partial charge is 0.146 e. The summed E-state index contributed by atoms with van der Waals surface area (Å²) in [4.78, 5) is 2.08. The minimum atomic E-state index is -0.169. The lowest BCUT2D eigenvalue weighted by Gasteiger charge is -2.37. The maximum Gasteiger partial charge on any atom is 0.146 e. The van der Waals surface area contributed by atoms with E-state index in [2.05, 4.69) is 10.2 Å². The van der Waals surface area contributed by atoms with Crippen LogP contribution in [0.3, 0.4) is 0 Å². The summed E-state index contributed by atoms with van der Waals surface area (Å²) in [5.41, 5.74) is 1.75. The van der Waals surface area contributed by atoms with Crippen LogP contribution in [0.1, 0.15) is 19.4 Å². The van der Waals surface area contributed by atoms with Crippen LogP contribution < -0.4 is 10.2 Å². The minimum absolute atomic E-state index is 0.122. The molecule has 0 radical (unpaired) electrons. The van der Waals surface area contributed by atoms with Crippen molar-refractivity contribution in [3.63, 3.8) is 0 Å². The SMILES string of the molecule is COCCNCc1ccc(F)c(N2CC(C)OC(C)C2)c1. The maximum absolute atomic E-state index is 14.1. The third-order valence-electron chi connectivity index (χ3n) is 3.58. The molecule has 118 valence electrons. The highest BCUT2D eigenvalue weighted by atomic mass is 19.1. The summed E-state index contributed by atoms with van der Waals surface area (Å²) in [6.45, 7) is 7.67. The summed E-state index contributed by atoms with van der Waals surface area (Å²) in [6.07, 6.45) is 0.244. The molecule has 1 aliphatic rings. The van der Waals surface area contributed by atoms with Gasteiger partial charge in [-0.25, -0.2) is 4.39 Å². The predicted octanol–water partition coefficient (Wildman–Crippen LogP) is 2.18. The second kappa shape index (κ2) is 7.73. The Morgan fingerprint density at radius 3 is 2.71 bits per heavy atom. The van der Waals surface area contributed by atoms with E-state index in [-0.39, 0.29) is 18.0 Å². The Labute approximate surface area is 126 Å². The third-order valence-corrected chi connectivity index (χ3v) is 3.58. The molecule has 0 bridgehead atoms. The average molecular weight is 296 g/mol. The summed E-state index contributed by atoms with van der Waals surface area (Å²) in [5.74, 6) is -0.169. The van der Waals surface area contributed by atoms with Crippen LogP contribution in [-0.2, 0) is 16.0 Å². The lowest BCUT2D eigenvalue weighted by atomic mass is 10.1. The summed E-state index contributed by atoms with van der Waals surface area (Å²) < 4.78 is 24.8. The van der Waals surface area contributed by atoms with Crippen LogP contribution in [0.2, 0.25) is 0 Å². The number of nitrogens with zero attached hydrogens (tertiary/aromatic N) is 1. The Morgan fingerprint density at radius 1 is 1.33 bits per heavy atom. The molecule has 0 saturated carbocycles. The molecule has 21 heavy (non-hydrogen) atoms. The van der Waals surface area contributed by atoms with Crippen LogP contribution in [-0.4, -0.2) is 45.6 Å². The standard InChI is InChI=1S/C16H25FN2O2/c1-12-10-19(11-13(2)21-12)16-8-14(4-5-15(16)17)9-18-6-7-20-3/h4-5,8,12-13,18H,6-7,9-11H2,1-3H3. The molecule has 0 aliphatic carbocycles. The molecule has 1 saturated heterocycles. The molecule has 4 nitrogen and oxygen atoms in total. The summed E-state index contributed by atoms with van der Waals surface area (Å²) in [6, 6.07) is 5.30. The fourth-order valence-electron chi connectivity index (χ4n) is 2.69. The number of halogens is 1. The summed E-state index contributed by atoms with van der Waals surface area (Å²) >= 11 is 0. The first-order chi connectivity index (χ1) is 10.1. The van der Waals surface area contributed by atoms with E-state index in [0.717, 1.165) is 25.2 Å². The van der Waals surface area contributed by atoms with Gasteiger partial charge in [0.25, 0.3) is 0 Å². The van der Waals surface area contributed by atoms with Crippen molar-refractivity contribution >= 4 is 5.69 Å². The van der Waals surface area contributed by atoms with Gasteiger partial charge in [0.1, 0.15) is 5.82 Å². The van der Waals surface area contributed by atoms with Gasteiger partial charge in [0.05, 0.1) is 24.5 Å². The van der Waals surface area contributed by atoms with Gasteiger partial charge in [-0.1, -0.05) is 6.07 Å². The second-order valence-electron chi connectivity index (χ2n) is 5.62. The first-order valence-corrected chi connectivity index (χ1v) is 7.48. The van der Waals surface area contributed by atoms with Crippen molar-refractivity contribution in [2.24, 2.45) is 0 Å². The maximum atomic E-state index is 14.1. The molecule has 2 atom stereocenters. The van der Waals surface area contributed by atoms with E-state index in [4.69, 9.17) is 9.47 Å². The molecule has 1 aromatic carbocycles. The highest BCUT2D eigenvalue weighted by molar-refractivity contribution is 5.50. The lowest BCUT2D eigenvalue weighted by Crippen LogP contribution is -2.45. The summed E-state index contributed by atoms with van der Waals surface area (Å²) in [5, 5.41) is 3.28. The number of ether oxygens (including phenoxy) is 2. The monoisotopic (exact) mass is 296 g/mol. The Kier molecular flexibility index (Phi) is 5.96. The van der Waals surface area contributed by atoms with E-state index in [1.165, 1.54) is 0 Å². The van der Waals surface area contributed by atoms with Crippen molar-refractivity contribution in [3.8, 4) is 0 Å². The topological polar surface area (TPSA) is 33.7 Å². The normalized spacial score (nSPS) is 22.6. The van der Waals surface area contributed by atoms with E-state index in [1.807, 2.05) is 26.0 Å². The van der Waals surface area contributed by atoms with Gasteiger partial charge in [0.2, 0.25) is 0 Å². The number of anilines is 1. The highest BCUT2D eigenvalue weighted by Gasteiger charge is 2.24. The predicted molar refractivity (Wildman–Crippen MR) is 82.2 cm³/mol. The van der Waals surface area contributed by atoms with Crippen LogP contribution >= 0.6 is 0 Å². The zero-order chi connectivity index (χ0) is 15.2. The van der Waals surface area contributed by atoms with E-state index in [9.17, 15) is 4.39 Å². The molecule has 2 rings (SSSR count). The van der Waals surface area contributed by atoms with Gasteiger partial charge in [-0.3, -0.25) is 0 Å². The van der Waals surface area contributed by atoms with Crippen LogP contribution in [0, 0.1) is 5.82 Å². The number of rotatable bonds is 6. The molecular weight excluding hydrogens is 271 g/mol. The van der Waals surface area contributed by atoms with Crippen LogP contribution in [0.15, 0.2) is 18.2 Å². The highest BCUT2D eigenvalue weighted by Crippen LogP contribution is 2.24. The van der Waals surface area contributed by atoms with Crippen molar-refractivity contribution in [1.29, 1.82) is 0 Å². The van der Waals surface area contributed by atoms with Crippen molar-refractivity contribution < 1.29 is 13.9 Å². The van der Waals surface area contributed by atoms with E-state index >= 15 is 0 Å². The molecule has 1 N–H and O–H groups in total. The van der Waals surface area contributed by atoms with Gasteiger partial charge >= 0.3 is 0 Å². The van der Waals surface area contributed by atoms with Gasteiger partial charge in [-0.15, -0.1) is 0 Å². The number of morpholine rings is 1. The first kappa shape index (κ1) is 16.2. The lowest BCUT2D eigenvalue weighted by molar-refractivity contribution is -0.00539. The van der Waals surface area contributed by atoms with Crippen molar-refractivity contribution in [1.82, 2.24) is 5.32 Å². The molecule has 0 amide bonds. The zero-order valence-electron chi connectivity index (χ0n) is 13.1. The molecule has 1 heterocycles. The number of benzene rings is 1.